The molecule has 0 saturated carbocycles. The van der Waals surface area contributed by atoms with Gasteiger partial charge in [-0.05, 0) is 24.6 Å². The number of hydrogen-bond acceptors (Lipinski definition) is 6. The zero-order chi connectivity index (χ0) is 15.2. The molecule has 2 rings (SSSR count). The summed E-state index contributed by atoms with van der Waals surface area (Å²) >= 11 is 0. The first-order chi connectivity index (χ1) is 10.2. The third kappa shape index (κ3) is 3.28. The van der Waals surface area contributed by atoms with Gasteiger partial charge in [0.15, 0.2) is 5.75 Å². The Labute approximate surface area is 118 Å². The van der Waals surface area contributed by atoms with Gasteiger partial charge in [0.2, 0.25) is 0 Å². The van der Waals surface area contributed by atoms with Crippen molar-refractivity contribution in [1.82, 2.24) is 5.16 Å². The third-order valence-electron chi connectivity index (χ3n) is 2.60. The molecular formula is C12H11N5O4. The number of aromatic nitrogens is 1. The molecule has 0 N–H and O–H groups in total. The zero-order valence-corrected chi connectivity index (χ0v) is 11.1. The molecule has 9 heteroatoms. The number of nitro benzene ring substituents is 1. The van der Waals surface area contributed by atoms with Crippen molar-refractivity contribution in [3.05, 3.63) is 50.6 Å². The van der Waals surface area contributed by atoms with E-state index in [1.807, 2.05) is 0 Å². The molecule has 0 aliphatic heterocycles. The average molecular weight is 289 g/mol. The van der Waals surface area contributed by atoms with E-state index in [-0.39, 0.29) is 18.0 Å². The van der Waals surface area contributed by atoms with Crippen molar-refractivity contribution in [2.24, 2.45) is 5.11 Å². The van der Waals surface area contributed by atoms with Crippen LogP contribution < -0.4 is 4.74 Å². The Morgan fingerprint density at radius 2 is 2.33 bits per heavy atom. The molecule has 2 aromatic rings. The Morgan fingerprint density at radius 1 is 1.52 bits per heavy atom. The number of benzene rings is 1. The molecule has 0 unspecified atom stereocenters. The highest BCUT2D eigenvalue weighted by atomic mass is 16.6. The molecule has 0 atom stereocenters. The largest absolute Gasteiger partial charge is 0.487 e. The van der Waals surface area contributed by atoms with Crippen LogP contribution in [0.25, 0.3) is 21.7 Å². The minimum absolute atomic E-state index is 0.0304. The van der Waals surface area contributed by atoms with E-state index in [2.05, 4.69) is 15.2 Å². The highest BCUT2D eigenvalue weighted by Crippen LogP contribution is 2.32. The summed E-state index contributed by atoms with van der Waals surface area (Å²) in [6.07, 6.45) is 0. The molecule has 1 aromatic carbocycles. The summed E-state index contributed by atoms with van der Waals surface area (Å²) in [7, 11) is 0. The maximum atomic E-state index is 11.1. The number of nitro groups is 1. The lowest BCUT2D eigenvalue weighted by molar-refractivity contribution is -0.385. The number of azide groups is 1. The van der Waals surface area contributed by atoms with Crippen molar-refractivity contribution in [3.8, 4) is 17.0 Å². The summed E-state index contributed by atoms with van der Waals surface area (Å²) in [6, 6.07) is 6.08. The summed E-state index contributed by atoms with van der Waals surface area (Å²) in [6.45, 7) is 2.11. The van der Waals surface area contributed by atoms with E-state index in [0.29, 0.717) is 23.6 Å². The summed E-state index contributed by atoms with van der Waals surface area (Å²) in [4.78, 5) is 13.1. The van der Waals surface area contributed by atoms with Gasteiger partial charge in [-0.3, -0.25) is 10.1 Å². The lowest BCUT2D eigenvalue weighted by Crippen LogP contribution is -1.97. The maximum Gasteiger partial charge on any atom is 0.311 e. The second kappa shape index (κ2) is 6.40. The molecule has 0 amide bonds. The second-order valence-electron chi connectivity index (χ2n) is 3.94. The molecule has 9 nitrogen and oxygen atoms in total. The van der Waals surface area contributed by atoms with Crippen LogP contribution in [0.4, 0.5) is 5.69 Å². The molecule has 108 valence electrons. The van der Waals surface area contributed by atoms with Gasteiger partial charge < -0.3 is 9.26 Å². The molecule has 0 radical (unpaired) electrons. The summed E-state index contributed by atoms with van der Waals surface area (Å²) in [5.41, 5.74) is 9.03. The van der Waals surface area contributed by atoms with Crippen molar-refractivity contribution >= 4 is 5.69 Å². The van der Waals surface area contributed by atoms with Gasteiger partial charge >= 0.3 is 5.69 Å². The molecule has 0 spiro atoms. The van der Waals surface area contributed by atoms with Gasteiger partial charge in [0, 0.05) is 22.6 Å². The van der Waals surface area contributed by atoms with Crippen molar-refractivity contribution < 1.29 is 14.2 Å². The quantitative estimate of drug-likeness (QED) is 0.264. The van der Waals surface area contributed by atoms with E-state index in [0.717, 1.165) is 0 Å². The number of ether oxygens (including phenoxy) is 1. The molecule has 0 aliphatic rings. The predicted molar refractivity (Wildman–Crippen MR) is 72.6 cm³/mol. The fourth-order valence-corrected chi connectivity index (χ4v) is 1.72. The third-order valence-corrected chi connectivity index (χ3v) is 2.60. The predicted octanol–water partition coefficient (Wildman–Crippen LogP) is 3.46. The van der Waals surface area contributed by atoms with Gasteiger partial charge in [-0.15, -0.1) is 0 Å². The Bertz CT molecular complexity index is 705. The van der Waals surface area contributed by atoms with E-state index in [1.54, 1.807) is 19.1 Å². The van der Waals surface area contributed by atoms with Crippen LogP contribution in [-0.2, 0) is 6.54 Å². The lowest BCUT2D eigenvalue weighted by Gasteiger charge is -2.04. The number of nitrogens with zero attached hydrogens (tertiary/aromatic N) is 5. The molecule has 1 aromatic heterocycles. The highest BCUT2D eigenvalue weighted by molar-refractivity contribution is 5.65. The molecule has 0 saturated heterocycles. The van der Waals surface area contributed by atoms with Crippen molar-refractivity contribution in [2.45, 2.75) is 13.5 Å². The molecule has 21 heavy (non-hydrogen) atoms. The minimum atomic E-state index is -0.518. The van der Waals surface area contributed by atoms with E-state index in [9.17, 15) is 10.1 Å². The fourth-order valence-electron chi connectivity index (χ4n) is 1.72. The maximum absolute atomic E-state index is 11.1. The first-order valence-corrected chi connectivity index (χ1v) is 6.03. The van der Waals surface area contributed by atoms with Crippen molar-refractivity contribution in [1.29, 1.82) is 0 Å². The first-order valence-electron chi connectivity index (χ1n) is 6.03. The molecule has 0 bridgehead atoms. The lowest BCUT2D eigenvalue weighted by atomic mass is 10.1. The molecule has 0 fully saturated rings. The van der Waals surface area contributed by atoms with Gasteiger partial charge in [-0.25, -0.2) is 0 Å². The van der Waals surface area contributed by atoms with E-state index in [4.69, 9.17) is 14.8 Å². The summed E-state index contributed by atoms with van der Waals surface area (Å²) < 4.78 is 10.2. The van der Waals surface area contributed by atoms with Gasteiger partial charge in [-0.1, -0.05) is 10.3 Å². The first kappa shape index (κ1) is 14.4. The van der Waals surface area contributed by atoms with Gasteiger partial charge in [0.25, 0.3) is 0 Å². The summed E-state index contributed by atoms with van der Waals surface area (Å²) in [5, 5.41) is 18.2. The Morgan fingerprint density at radius 3 is 3.00 bits per heavy atom. The van der Waals surface area contributed by atoms with Gasteiger partial charge in [0.05, 0.1) is 18.1 Å². The van der Waals surface area contributed by atoms with Crippen LogP contribution in [0.1, 0.15) is 12.7 Å². The summed E-state index contributed by atoms with van der Waals surface area (Å²) in [5.74, 6) is 0.573. The minimum Gasteiger partial charge on any atom is -0.487 e. The van der Waals surface area contributed by atoms with E-state index in [1.165, 1.54) is 12.1 Å². The molecule has 0 aliphatic carbocycles. The normalized spacial score (nSPS) is 9.95. The Kier molecular flexibility index (Phi) is 4.37. The Balaban J connectivity index is 2.35. The monoisotopic (exact) mass is 289 g/mol. The van der Waals surface area contributed by atoms with Gasteiger partial charge in [0.1, 0.15) is 11.5 Å². The highest BCUT2D eigenvalue weighted by Gasteiger charge is 2.17. The smallest absolute Gasteiger partial charge is 0.311 e. The zero-order valence-electron chi connectivity index (χ0n) is 11.1. The van der Waals surface area contributed by atoms with Crippen molar-refractivity contribution in [3.63, 3.8) is 0 Å². The topological polar surface area (TPSA) is 127 Å². The number of rotatable bonds is 6. The van der Waals surface area contributed by atoms with Crippen LogP contribution in [0.15, 0.2) is 33.9 Å². The van der Waals surface area contributed by atoms with Crippen LogP contribution in [-0.4, -0.2) is 16.7 Å². The SMILES string of the molecule is CCOc1ccc(-c2cc(CN=[N+]=[N-])on2)cc1[N+](=O)[O-]. The van der Waals surface area contributed by atoms with E-state index >= 15 is 0 Å². The molecule has 1 heterocycles. The van der Waals surface area contributed by atoms with Gasteiger partial charge in [-0.2, -0.15) is 0 Å². The van der Waals surface area contributed by atoms with Crippen LogP contribution in [0.5, 0.6) is 5.75 Å². The second-order valence-corrected chi connectivity index (χ2v) is 3.94. The van der Waals surface area contributed by atoms with Crippen LogP contribution >= 0.6 is 0 Å². The standard InChI is InChI=1S/C12H11N5O4/c1-2-20-12-4-3-8(5-11(12)17(18)19)10-6-9(21-15-10)7-14-16-13/h3-6H,2,7H2,1H3. The van der Waals surface area contributed by atoms with Crippen molar-refractivity contribution in [2.75, 3.05) is 6.61 Å². The molecular weight excluding hydrogens is 278 g/mol. The number of hydrogen-bond donors (Lipinski definition) is 0. The van der Waals surface area contributed by atoms with Crippen LogP contribution in [0, 0.1) is 10.1 Å². The van der Waals surface area contributed by atoms with E-state index < -0.39 is 4.92 Å². The average Bonchev–Trinajstić information content (AvgIpc) is 2.94. The fraction of sp³-hybridized carbons (Fsp3) is 0.250. The van der Waals surface area contributed by atoms with Crippen LogP contribution in [0.2, 0.25) is 0 Å². The van der Waals surface area contributed by atoms with Crippen LogP contribution in [0.3, 0.4) is 0 Å². The Hall–Kier alpha value is -3.06.